The van der Waals surface area contributed by atoms with Crippen LogP contribution in [0.3, 0.4) is 0 Å². The van der Waals surface area contributed by atoms with Crippen molar-refractivity contribution >= 4 is 12.3 Å². The first-order valence-electron chi connectivity index (χ1n) is 4.83. The number of hydrogen-bond donors (Lipinski definition) is 0. The molecular weight excluding hydrogens is 168 g/mol. The fraction of sp³-hybridized carbons (Fsp3) is 0.800. The quantitative estimate of drug-likeness (QED) is 0.451. The summed E-state index contributed by atoms with van der Waals surface area (Å²) in [5, 5.41) is 0. The van der Waals surface area contributed by atoms with E-state index in [0.29, 0.717) is 19.4 Å². The Labute approximate surface area is 79.5 Å². The minimum Gasteiger partial charge on any atom is -0.466 e. The molecule has 0 heterocycles. The van der Waals surface area contributed by atoms with E-state index >= 15 is 0 Å². The van der Waals surface area contributed by atoms with Gasteiger partial charge in [0.2, 0.25) is 0 Å². The van der Waals surface area contributed by atoms with Gasteiger partial charge in [-0.2, -0.15) is 0 Å². The summed E-state index contributed by atoms with van der Waals surface area (Å²) in [5.74, 6) is -0.0237. The summed E-state index contributed by atoms with van der Waals surface area (Å²) in [6, 6.07) is 0. The maximum atomic E-state index is 11.1. The SMILES string of the molecule is CCCC(CC=O)CC(=O)OCC. The van der Waals surface area contributed by atoms with E-state index in [0.717, 1.165) is 19.1 Å². The van der Waals surface area contributed by atoms with Crippen molar-refractivity contribution in [2.75, 3.05) is 6.61 Å². The lowest BCUT2D eigenvalue weighted by Crippen LogP contribution is -2.12. The molecule has 0 spiro atoms. The van der Waals surface area contributed by atoms with Gasteiger partial charge in [-0.05, 0) is 19.3 Å². The molecule has 1 unspecified atom stereocenters. The van der Waals surface area contributed by atoms with Crippen molar-refractivity contribution in [1.82, 2.24) is 0 Å². The summed E-state index contributed by atoms with van der Waals surface area (Å²) in [4.78, 5) is 21.3. The van der Waals surface area contributed by atoms with E-state index in [9.17, 15) is 9.59 Å². The highest BCUT2D eigenvalue weighted by atomic mass is 16.5. The Kier molecular flexibility index (Phi) is 7.26. The number of aldehydes is 1. The smallest absolute Gasteiger partial charge is 0.306 e. The average molecular weight is 186 g/mol. The van der Waals surface area contributed by atoms with Crippen LogP contribution >= 0.6 is 0 Å². The fourth-order valence-corrected chi connectivity index (χ4v) is 1.30. The highest BCUT2D eigenvalue weighted by molar-refractivity contribution is 5.70. The second kappa shape index (κ2) is 7.77. The molecular formula is C10H18O3. The first-order chi connectivity index (χ1) is 6.24. The van der Waals surface area contributed by atoms with Crippen LogP contribution in [0.5, 0.6) is 0 Å². The van der Waals surface area contributed by atoms with Crippen LogP contribution in [-0.2, 0) is 14.3 Å². The van der Waals surface area contributed by atoms with Crippen molar-refractivity contribution in [3.8, 4) is 0 Å². The lowest BCUT2D eigenvalue weighted by molar-refractivity contribution is -0.144. The van der Waals surface area contributed by atoms with Gasteiger partial charge in [0, 0.05) is 12.8 Å². The Balaban J connectivity index is 3.78. The molecule has 0 N–H and O–H groups in total. The van der Waals surface area contributed by atoms with E-state index in [1.807, 2.05) is 6.92 Å². The van der Waals surface area contributed by atoms with E-state index in [1.54, 1.807) is 6.92 Å². The Morgan fingerprint density at radius 3 is 2.62 bits per heavy atom. The van der Waals surface area contributed by atoms with Crippen molar-refractivity contribution < 1.29 is 14.3 Å². The zero-order chi connectivity index (χ0) is 10.1. The van der Waals surface area contributed by atoms with Crippen molar-refractivity contribution in [1.29, 1.82) is 0 Å². The van der Waals surface area contributed by atoms with Crippen LogP contribution in [0.1, 0.15) is 39.5 Å². The molecule has 0 radical (unpaired) electrons. The van der Waals surface area contributed by atoms with Gasteiger partial charge in [-0.15, -0.1) is 0 Å². The number of hydrogen-bond acceptors (Lipinski definition) is 3. The van der Waals surface area contributed by atoms with Gasteiger partial charge in [-0.25, -0.2) is 0 Å². The molecule has 0 bridgehead atoms. The molecule has 76 valence electrons. The summed E-state index contributed by atoms with van der Waals surface area (Å²) >= 11 is 0. The average Bonchev–Trinajstić information content (AvgIpc) is 2.05. The topological polar surface area (TPSA) is 43.4 Å². The van der Waals surface area contributed by atoms with Crippen LogP contribution in [0.25, 0.3) is 0 Å². The zero-order valence-electron chi connectivity index (χ0n) is 8.41. The molecule has 1 atom stereocenters. The van der Waals surface area contributed by atoms with Crippen LogP contribution in [0.15, 0.2) is 0 Å². The van der Waals surface area contributed by atoms with Gasteiger partial charge in [-0.1, -0.05) is 13.3 Å². The second-order valence-corrected chi connectivity index (χ2v) is 3.07. The molecule has 3 heteroatoms. The molecule has 13 heavy (non-hydrogen) atoms. The number of rotatable bonds is 7. The van der Waals surface area contributed by atoms with E-state index in [1.165, 1.54) is 0 Å². The number of carbonyl (C=O) groups excluding carboxylic acids is 2. The third-order valence-electron chi connectivity index (χ3n) is 1.89. The molecule has 3 nitrogen and oxygen atoms in total. The molecule has 0 aromatic heterocycles. The van der Waals surface area contributed by atoms with Gasteiger partial charge in [-0.3, -0.25) is 4.79 Å². The maximum absolute atomic E-state index is 11.1. The molecule has 0 fully saturated rings. The summed E-state index contributed by atoms with van der Waals surface area (Å²) in [5.41, 5.74) is 0. The lowest BCUT2D eigenvalue weighted by atomic mass is 9.97. The largest absolute Gasteiger partial charge is 0.466 e. The van der Waals surface area contributed by atoms with Crippen molar-refractivity contribution in [3.05, 3.63) is 0 Å². The van der Waals surface area contributed by atoms with E-state index in [4.69, 9.17) is 4.74 Å². The minimum atomic E-state index is -0.192. The van der Waals surface area contributed by atoms with Crippen LogP contribution in [-0.4, -0.2) is 18.9 Å². The predicted octanol–water partition coefficient (Wildman–Crippen LogP) is 1.94. The molecule has 0 aliphatic heterocycles. The molecule has 0 aromatic carbocycles. The van der Waals surface area contributed by atoms with Gasteiger partial charge in [0.25, 0.3) is 0 Å². The summed E-state index contributed by atoms with van der Waals surface area (Å²) in [7, 11) is 0. The Hall–Kier alpha value is -0.860. The molecule has 0 rings (SSSR count). The monoisotopic (exact) mass is 186 g/mol. The predicted molar refractivity (Wildman–Crippen MR) is 50.3 cm³/mol. The van der Waals surface area contributed by atoms with E-state index in [-0.39, 0.29) is 11.9 Å². The lowest BCUT2D eigenvalue weighted by Gasteiger charge is -2.11. The summed E-state index contributed by atoms with van der Waals surface area (Å²) in [6.07, 6.45) is 3.63. The minimum absolute atomic E-state index is 0.168. The number of carbonyl (C=O) groups is 2. The molecule has 0 saturated heterocycles. The molecule has 0 aliphatic carbocycles. The summed E-state index contributed by atoms with van der Waals surface area (Å²) < 4.78 is 4.81. The zero-order valence-corrected chi connectivity index (χ0v) is 8.41. The maximum Gasteiger partial charge on any atom is 0.306 e. The Bertz CT molecular complexity index is 154. The number of esters is 1. The van der Waals surface area contributed by atoms with Crippen molar-refractivity contribution in [2.45, 2.75) is 39.5 Å². The van der Waals surface area contributed by atoms with Crippen LogP contribution < -0.4 is 0 Å². The van der Waals surface area contributed by atoms with Gasteiger partial charge < -0.3 is 9.53 Å². The van der Waals surface area contributed by atoms with E-state index < -0.39 is 0 Å². The normalized spacial score (nSPS) is 12.2. The van der Waals surface area contributed by atoms with Crippen LogP contribution in [0.4, 0.5) is 0 Å². The first kappa shape index (κ1) is 12.1. The standard InChI is InChI=1S/C10H18O3/c1-3-5-9(6-7-11)8-10(12)13-4-2/h7,9H,3-6,8H2,1-2H3. The van der Waals surface area contributed by atoms with Crippen molar-refractivity contribution in [3.63, 3.8) is 0 Å². The van der Waals surface area contributed by atoms with E-state index in [2.05, 4.69) is 0 Å². The van der Waals surface area contributed by atoms with Crippen molar-refractivity contribution in [2.24, 2.45) is 5.92 Å². The molecule has 0 aliphatic rings. The highest BCUT2D eigenvalue weighted by Crippen LogP contribution is 2.14. The first-order valence-corrected chi connectivity index (χ1v) is 4.83. The Morgan fingerprint density at radius 2 is 2.15 bits per heavy atom. The fourth-order valence-electron chi connectivity index (χ4n) is 1.30. The highest BCUT2D eigenvalue weighted by Gasteiger charge is 2.12. The van der Waals surface area contributed by atoms with Crippen LogP contribution in [0, 0.1) is 5.92 Å². The Morgan fingerprint density at radius 1 is 1.46 bits per heavy atom. The molecule has 0 amide bonds. The molecule has 0 saturated carbocycles. The summed E-state index contributed by atoms with van der Waals surface area (Å²) in [6.45, 7) is 4.24. The van der Waals surface area contributed by atoms with Gasteiger partial charge >= 0.3 is 5.97 Å². The second-order valence-electron chi connectivity index (χ2n) is 3.07. The van der Waals surface area contributed by atoms with Gasteiger partial charge in [0.1, 0.15) is 6.29 Å². The van der Waals surface area contributed by atoms with Gasteiger partial charge in [0.15, 0.2) is 0 Å². The third kappa shape index (κ3) is 6.31. The molecule has 0 aromatic rings. The number of ether oxygens (including phenoxy) is 1. The third-order valence-corrected chi connectivity index (χ3v) is 1.89. The van der Waals surface area contributed by atoms with Gasteiger partial charge in [0.05, 0.1) is 6.61 Å². The van der Waals surface area contributed by atoms with Crippen LogP contribution in [0.2, 0.25) is 0 Å².